The summed E-state index contributed by atoms with van der Waals surface area (Å²) in [5.41, 5.74) is 5.71. The fourth-order valence-electron chi connectivity index (χ4n) is 2.43. The van der Waals surface area contributed by atoms with E-state index in [-0.39, 0.29) is 6.04 Å². The number of aromatic nitrogens is 2. The Morgan fingerprint density at radius 1 is 1.38 bits per heavy atom. The number of nitrogens with two attached hydrogens (primary N) is 1. The fraction of sp³-hybridized carbons (Fsp3) is 0.800. The standard InChI is InChI=1S/C10H17N5O/c1-7(11)10-12-9(13-16-10)8-6-14-2-4-15(8)5-3-14/h7-8H,2-6,11H2,1H3/t7-,8?/m1/s1. The summed E-state index contributed by atoms with van der Waals surface area (Å²) in [5, 5.41) is 4.05. The second kappa shape index (κ2) is 3.80. The molecule has 2 bridgehead atoms. The molecule has 0 aromatic carbocycles. The van der Waals surface area contributed by atoms with Gasteiger partial charge in [0.05, 0.1) is 12.1 Å². The second-order valence-electron chi connectivity index (χ2n) is 4.63. The number of nitrogens with zero attached hydrogens (tertiary/aromatic N) is 4. The molecule has 0 amide bonds. The van der Waals surface area contributed by atoms with Gasteiger partial charge < -0.3 is 10.3 Å². The largest absolute Gasteiger partial charge is 0.338 e. The predicted octanol–water partition coefficient (Wildman–Crippen LogP) is -0.238. The van der Waals surface area contributed by atoms with E-state index in [4.69, 9.17) is 10.3 Å². The van der Waals surface area contributed by atoms with Crippen molar-refractivity contribution in [3.05, 3.63) is 11.7 Å². The molecule has 16 heavy (non-hydrogen) atoms. The molecule has 1 aromatic heterocycles. The van der Waals surface area contributed by atoms with E-state index in [1.54, 1.807) is 0 Å². The SMILES string of the molecule is C[C@@H](N)c1nc(C2CN3CCN2CC3)no1. The van der Waals surface area contributed by atoms with E-state index < -0.39 is 0 Å². The van der Waals surface area contributed by atoms with Crippen LogP contribution >= 0.6 is 0 Å². The van der Waals surface area contributed by atoms with Crippen LogP contribution in [-0.2, 0) is 0 Å². The van der Waals surface area contributed by atoms with Crippen LogP contribution in [0.1, 0.15) is 30.7 Å². The van der Waals surface area contributed by atoms with Gasteiger partial charge in [-0.25, -0.2) is 0 Å². The Morgan fingerprint density at radius 3 is 2.62 bits per heavy atom. The highest BCUT2D eigenvalue weighted by molar-refractivity contribution is 5.02. The summed E-state index contributed by atoms with van der Waals surface area (Å²) in [5.74, 6) is 1.32. The predicted molar refractivity (Wildman–Crippen MR) is 57.7 cm³/mol. The lowest BCUT2D eigenvalue weighted by Crippen LogP contribution is -2.57. The van der Waals surface area contributed by atoms with E-state index in [9.17, 15) is 0 Å². The molecule has 0 radical (unpaired) electrons. The lowest BCUT2D eigenvalue weighted by atomic mass is 10.1. The lowest BCUT2D eigenvalue weighted by Gasteiger charge is -2.46. The Balaban J connectivity index is 1.81. The van der Waals surface area contributed by atoms with Crippen LogP contribution in [0.2, 0.25) is 0 Å². The van der Waals surface area contributed by atoms with Gasteiger partial charge in [-0.3, -0.25) is 9.80 Å². The van der Waals surface area contributed by atoms with Gasteiger partial charge in [-0.2, -0.15) is 4.98 Å². The third-order valence-electron chi connectivity index (χ3n) is 3.42. The van der Waals surface area contributed by atoms with Crippen LogP contribution in [0.3, 0.4) is 0 Å². The van der Waals surface area contributed by atoms with Crippen LogP contribution < -0.4 is 5.73 Å². The van der Waals surface area contributed by atoms with Gasteiger partial charge in [-0.05, 0) is 6.92 Å². The Morgan fingerprint density at radius 2 is 2.12 bits per heavy atom. The first kappa shape index (κ1) is 10.2. The highest BCUT2D eigenvalue weighted by atomic mass is 16.5. The van der Waals surface area contributed by atoms with Gasteiger partial charge in [0.2, 0.25) is 5.89 Å². The zero-order valence-corrected chi connectivity index (χ0v) is 9.46. The number of hydrogen-bond acceptors (Lipinski definition) is 6. The van der Waals surface area contributed by atoms with Crippen molar-refractivity contribution in [3.63, 3.8) is 0 Å². The third kappa shape index (κ3) is 1.63. The summed E-state index contributed by atoms with van der Waals surface area (Å²) < 4.78 is 5.16. The smallest absolute Gasteiger partial charge is 0.243 e. The zero-order chi connectivity index (χ0) is 11.1. The van der Waals surface area contributed by atoms with Crippen molar-refractivity contribution in [3.8, 4) is 0 Å². The normalized spacial score (nSPS) is 35.2. The minimum absolute atomic E-state index is 0.183. The van der Waals surface area contributed by atoms with E-state index in [1.165, 1.54) is 0 Å². The van der Waals surface area contributed by atoms with Crippen molar-refractivity contribution in [2.75, 3.05) is 32.7 Å². The van der Waals surface area contributed by atoms with Crippen LogP contribution in [0.4, 0.5) is 0 Å². The van der Waals surface area contributed by atoms with Gasteiger partial charge in [0.1, 0.15) is 0 Å². The molecule has 2 N–H and O–H groups in total. The van der Waals surface area contributed by atoms with E-state index >= 15 is 0 Å². The van der Waals surface area contributed by atoms with E-state index in [0.717, 1.165) is 38.5 Å². The monoisotopic (exact) mass is 223 g/mol. The molecule has 0 aliphatic carbocycles. The number of fused-ring (bicyclic) bond motifs is 3. The van der Waals surface area contributed by atoms with Crippen molar-refractivity contribution in [1.29, 1.82) is 0 Å². The zero-order valence-electron chi connectivity index (χ0n) is 9.46. The molecule has 2 atom stereocenters. The number of piperazine rings is 3. The Bertz CT molecular complexity index is 369. The molecule has 0 saturated carbocycles. The molecular formula is C10H17N5O. The third-order valence-corrected chi connectivity index (χ3v) is 3.42. The first-order valence-electron chi connectivity index (χ1n) is 5.79. The van der Waals surface area contributed by atoms with Crippen molar-refractivity contribution < 1.29 is 4.52 Å². The Labute approximate surface area is 94.4 Å². The Hall–Kier alpha value is -0.980. The highest BCUT2D eigenvalue weighted by Gasteiger charge is 2.35. The summed E-state index contributed by atoms with van der Waals surface area (Å²) >= 11 is 0. The molecular weight excluding hydrogens is 206 g/mol. The van der Waals surface area contributed by atoms with Crippen LogP contribution in [0, 0.1) is 0 Å². The minimum Gasteiger partial charge on any atom is -0.338 e. The quantitative estimate of drug-likeness (QED) is 0.746. The molecule has 3 fully saturated rings. The summed E-state index contributed by atoms with van der Waals surface area (Å²) in [6.45, 7) is 7.40. The molecule has 1 unspecified atom stereocenters. The maximum atomic E-state index is 5.71. The summed E-state index contributed by atoms with van der Waals surface area (Å²) in [6, 6.07) is 0.107. The summed E-state index contributed by atoms with van der Waals surface area (Å²) in [4.78, 5) is 9.26. The molecule has 3 aliphatic heterocycles. The van der Waals surface area contributed by atoms with Gasteiger partial charge in [-0.1, -0.05) is 5.16 Å². The van der Waals surface area contributed by atoms with E-state index in [2.05, 4.69) is 19.9 Å². The van der Waals surface area contributed by atoms with Gasteiger partial charge >= 0.3 is 0 Å². The van der Waals surface area contributed by atoms with Crippen LogP contribution in [0.15, 0.2) is 4.52 Å². The minimum atomic E-state index is -0.183. The summed E-state index contributed by atoms with van der Waals surface area (Å²) in [7, 11) is 0. The molecule has 3 aliphatic rings. The molecule has 6 heteroatoms. The summed E-state index contributed by atoms with van der Waals surface area (Å²) in [6.07, 6.45) is 0. The van der Waals surface area contributed by atoms with Gasteiger partial charge in [0.15, 0.2) is 5.82 Å². The average Bonchev–Trinajstić information content (AvgIpc) is 2.80. The van der Waals surface area contributed by atoms with Gasteiger partial charge in [0.25, 0.3) is 0 Å². The molecule has 1 aromatic rings. The van der Waals surface area contributed by atoms with Gasteiger partial charge in [0, 0.05) is 32.7 Å². The van der Waals surface area contributed by atoms with E-state index in [0.29, 0.717) is 11.9 Å². The topological polar surface area (TPSA) is 71.4 Å². The Kier molecular flexibility index (Phi) is 2.42. The molecule has 3 saturated heterocycles. The van der Waals surface area contributed by atoms with Crippen LogP contribution in [0.5, 0.6) is 0 Å². The van der Waals surface area contributed by atoms with Crippen LogP contribution in [0.25, 0.3) is 0 Å². The molecule has 6 nitrogen and oxygen atoms in total. The average molecular weight is 223 g/mol. The first-order valence-corrected chi connectivity index (χ1v) is 5.79. The molecule has 4 heterocycles. The lowest BCUT2D eigenvalue weighted by molar-refractivity contribution is 0.00781. The number of rotatable bonds is 2. The maximum absolute atomic E-state index is 5.71. The van der Waals surface area contributed by atoms with Crippen molar-refractivity contribution in [1.82, 2.24) is 19.9 Å². The highest BCUT2D eigenvalue weighted by Crippen LogP contribution is 2.27. The van der Waals surface area contributed by atoms with E-state index in [1.807, 2.05) is 6.92 Å². The second-order valence-corrected chi connectivity index (χ2v) is 4.63. The molecule has 88 valence electrons. The first-order chi connectivity index (χ1) is 7.74. The fourth-order valence-corrected chi connectivity index (χ4v) is 2.43. The van der Waals surface area contributed by atoms with Crippen molar-refractivity contribution in [2.45, 2.75) is 19.0 Å². The number of hydrogen-bond donors (Lipinski definition) is 1. The molecule has 4 rings (SSSR count). The maximum Gasteiger partial charge on any atom is 0.243 e. The molecule has 0 spiro atoms. The van der Waals surface area contributed by atoms with Crippen molar-refractivity contribution >= 4 is 0 Å². The van der Waals surface area contributed by atoms with Crippen molar-refractivity contribution in [2.24, 2.45) is 5.73 Å². The van der Waals surface area contributed by atoms with Gasteiger partial charge in [-0.15, -0.1) is 0 Å². The van der Waals surface area contributed by atoms with Crippen LogP contribution in [-0.4, -0.2) is 52.7 Å².